The van der Waals surface area contributed by atoms with Crippen molar-refractivity contribution >= 4 is 31.5 Å². The smallest absolute Gasteiger partial charge is 0.472 e. The quantitative estimate of drug-likeness (QED) is 0.0199. The second-order valence-electron chi connectivity index (χ2n) is 12.7. The lowest BCUT2D eigenvalue weighted by molar-refractivity contribution is -0.870. The SMILES string of the molecule is CCCCCCCC/C=C\CCCCCCCC(=O)OC[C@H](COP(=O)(O)OCC[N+](C)(C)C)OC(=O)CCCC(=O)/C=C/C(=O)O. The van der Waals surface area contributed by atoms with E-state index in [9.17, 15) is 28.6 Å². The molecule has 12 nitrogen and oxygen atoms in total. The molecular weight excluding hydrogens is 629 g/mol. The number of carbonyl (C=O) groups excluding carboxylic acids is 3. The fraction of sp³-hybridized carbons (Fsp3) is 0.765. The van der Waals surface area contributed by atoms with Gasteiger partial charge in [0.2, 0.25) is 0 Å². The van der Waals surface area contributed by atoms with Crippen molar-refractivity contribution in [3.63, 3.8) is 0 Å². The molecule has 0 aliphatic rings. The van der Waals surface area contributed by atoms with Crippen molar-refractivity contribution in [2.75, 3.05) is 47.5 Å². The topological polar surface area (TPSA) is 163 Å². The van der Waals surface area contributed by atoms with E-state index in [0.717, 1.165) is 50.7 Å². The number of hydrogen-bond donors (Lipinski definition) is 2. The Balaban J connectivity index is 4.50. The van der Waals surface area contributed by atoms with Crippen LogP contribution in [0.5, 0.6) is 0 Å². The Morgan fingerprint density at radius 2 is 1.30 bits per heavy atom. The van der Waals surface area contributed by atoms with Crippen LogP contribution in [-0.2, 0) is 42.3 Å². The third kappa shape index (κ3) is 32.0. The molecule has 0 fully saturated rings. The van der Waals surface area contributed by atoms with Gasteiger partial charge < -0.3 is 24.0 Å². The molecular formula is C34H61NO11P+. The van der Waals surface area contributed by atoms with Gasteiger partial charge in [-0.15, -0.1) is 0 Å². The Kier molecular flexibility index (Phi) is 26.2. The van der Waals surface area contributed by atoms with Crippen LogP contribution in [0.15, 0.2) is 24.3 Å². The van der Waals surface area contributed by atoms with Crippen molar-refractivity contribution in [2.24, 2.45) is 0 Å². The second-order valence-corrected chi connectivity index (χ2v) is 14.2. The maximum atomic E-state index is 12.4. The predicted molar refractivity (Wildman–Crippen MR) is 181 cm³/mol. The molecule has 0 aliphatic heterocycles. The third-order valence-electron chi connectivity index (χ3n) is 7.03. The van der Waals surface area contributed by atoms with Gasteiger partial charge >= 0.3 is 25.7 Å². The van der Waals surface area contributed by atoms with Gasteiger partial charge in [0.1, 0.15) is 19.8 Å². The summed E-state index contributed by atoms with van der Waals surface area (Å²) in [4.78, 5) is 56.9. The van der Waals surface area contributed by atoms with Crippen LogP contribution < -0.4 is 0 Å². The van der Waals surface area contributed by atoms with Crippen molar-refractivity contribution in [2.45, 2.75) is 122 Å². The van der Waals surface area contributed by atoms with Crippen LogP contribution in [0.4, 0.5) is 0 Å². The van der Waals surface area contributed by atoms with Gasteiger partial charge in [0.25, 0.3) is 0 Å². The van der Waals surface area contributed by atoms with Crippen molar-refractivity contribution in [1.29, 1.82) is 0 Å². The van der Waals surface area contributed by atoms with E-state index in [1.165, 1.54) is 38.5 Å². The summed E-state index contributed by atoms with van der Waals surface area (Å²) in [6.45, 7) is 1.70. The Morgan fingerprint density at radius 1 is 0.723 bits per heavy atom. The molecule has 0 saturated carbocycles. The average Bonchev–Trinajstić information content (AvgIpc) is 2.98. The highest BCUT2D eigenvalue weighted by Gasteiger charge is 2.27. The monoisotopic (exact) mass is 690 g/mol. The maximum absolute atomic E-state index is 12.4. The number of likely N-dealkylation sites (N-methyl/N-ethyl adjacent to an activating group) is 1. The van der Waals surface area contributed by atoms with Crippen molar-refractivity contribution in [3.8, 4) is 0 Å². The van der Waals surface area contributed by atoms with Crippen molar-refractivity contribution < 1.29 is 56.7 Å². The third-order valence-corrected chi connectivity index (χ3v) is 8.01. The number of unbranched alkanes of at least 4 members (excludes halogenated alkanes) is 11. The number of ketones is 1. The highest BCUT2D eigenvalue weighted by molar-refractivity contribution is 7.47. The predicted octanol–water partition coefficient (Wildman–Crippen LogP) is 6.70. The number of carboxylic acids is 1. The maximum Gasteiger partial charge on any atom is 0.472 e. The first-order valence-corrected chi connectivity index (χ1v) is 18.6. The summed E-state index contributed by atoms with van der Waals surface area (Å²) in [6, 6.07) is 0. The van der Waals surface area contributed by atoms with Gasteiger partial charge in [-0.2, -0.15) is 0 Å². The Bertz CT molecular complexity index is 991. The molecule has 0 heterocycles. The van der Waals surface area contributed by atoms with Crippen LogP contribution in [0.1, 0.15) is 116 Å². The largest absolute Gasteiger partial charge is 0.478 e. The molecule has 2 atom stereocenters. The van der Waals surface area contributed by atoms with Crippen molar-refractivity contribution in [1.82, 2.24) is 0 Å². The van der Waals surface area contributed by atoms with E-state index in [2.05, 4.69) is 19.1 Å². The zero-order valence-electron chi connectivity index (χ0n) is 29.2. The highest BCUT2D eigenvalue weighted by atomic mass is 31.2. The van der Waals surface area contributed by atoms with Gasteiger partial charge in [-0.3, -0.25) is 23.4 Å². The number of hydrogen-bond acceptors (Lipinski definition) is 9. The Morgan fingerprint density at radius 3 is 1.89 bits per heavy atom. The molecule has 0 saturated heterocycles. The summed E-state index contributed by atoms with van der Waals surface area (Å²) >= 11 is 0. The number of esters is 2. The molecule has 47 heavy (non-hydrogen) atoms. The number of carbonyl (C=O) groups is 4. The zero-order chi connectivity index (χ0) is 35.4. The lowest BCUT2D eigenvalue weighted by Gasteiger charge is -2.24. The first kappa shape index (κ1) is 44.6. The standard InChI is InChI=1S/C34H60NO11P/c1-5-6-7-8-9-10-11-12-13-14-15-16-17-18-19-22-33(39)43-28-31(29-45-47(41,42)44-27-26-35(2,3)4)46-34(40)23-20-21-30(36)24-25-32(37)38/h12-13,24-25,31H,5-11,14-23,26-29H2,1-4H3,(H-,37,38,41,42)/p+1/b13-12-,25-24+/t31-/m1/s1. The van der Waals surface area contributed by atoms with E-state index in [0.29, 0.717) is 17.4 Å². The lowest BCUT2D eigenvalue weighted by Crippen LogP contribution is -2.37. The number of aliphatic carboxylic acids is 1. The molecule has 1 unspecified atom stereocenters. The highest BCUT2D eigenvalue weighted by Crippen LogP contribution is 2.43. The molecule has 0 bridgehead atoms. The van der Waals surface area contributed by atoms with Crippen LogP contribution in [0.25, 0.3) is 0 Å². The van der Waals surface area contributed by atoms with E-state index in [-0.39, 0.29) is 38.9 Å². The van der Waals surface area contributed by atoms with Crippen LogP contribution in [-0.4, -0.2) is 91.8 Å². The molecule has 13 heteroatoms. The Hall–Kier alpha value is -2.37. The molecule has 0 aromatic carbocycles. The van der Waals surface area contributed by atoms with Gasteiger partial charge in [-0.1, -0.05) is 70.4 Å². The minimum Gasteiger partial charge on any atom is -0.478 e. The summed E-state index contributed by atoms with van der Waals surface area (Å²) in [7, 11) is 1.21. The summed E-state index contributed by atoms with van der Waals surface area (Å²) in [6.07, 6.45) is 19.9. The van der Waals surface area contributed by atoms with Crippen LogP contribution >= 0.6 is 7.82 Å². The summed E-state index contributed by atoms with van der Waals surface area (Å²) in [5, 5.41) is 8.59. The average molecular weight is 691 g/mol. The molecule has 0 spiro atoms. The van der Waals surface area contributed by atoms with Crippen LogP contribution in [0.2, 0.25) is 0 Å². The van der Waals surface area contributed by atoms with Crippen LogP contribution in [0.3, 0.4) is 0 Å². The number of nitrogens with zero attached hydrogens (tertiary/aromatic N) is 1. The summed E-state index contributed by atoms with van der Waals surface area (Å²) < 4.78 is 33.4. The molecule has 2 N–H and O–H groups in total. The fourth-order valence-corrected chi connectivity index (χ4v) is 5.00. The number of phosphoric ester groups is 1. The fourth-order valence-electron chi connectivity index (χ4n) is 4.26. The normalized spacial score (nSPS) is 13.9. The van der Waals surface area contributed by atoms with E-state index < -0.39 is 44.2 Å². The van der Waals surface area contributed by atoms with Gasteiger partial charge in [0.15, 0.2) is 11.9 Å². The second kappa shape index (κ2) is 27.6. The molecule has 0 rings (SSSR count). The van der Waals surface area contributed by atoms with Gasteiger partial charge in [-0.25, -0.2) is 9.36 Å². The number of ether oxygens (including phenoxy) is 2. The Labute approximate surface area is 282 Å². The molecule has 0 radical (unpaired) electrons. The van der Waals surface area contributed by atoms with Gasteiger partial charge in [0, 0.05) is 25.3 Å². The number of phosphoric acid groups is 1. The minimum atomic E-state index is -4.47. The van der Waals surface area contributed by atoms with Gasteiger partial charge in [0.05, 0.1) is 27.7 Å². The van der Waals surface area contributed by atoms with Crippen LogP contribution in [0, 0.1) is 0 Å². The van der Waals surface area contributed by atoms with Gasteiger partial charge in [-0.05, 0) is 44.6 Å². The molecule has 0 aliphatic carbocycles. The molecule has 272 valence electrons. The first-order valence-electron chi connectivity index (χ1n) is 17.1. The number of rotatable bonds is 31. The summed E-state index contributed by atoms with van der Waals surface area (Å²) in [5.41, 5.74) is 0. The molecule has 0 amide bonds. The van der Waals surface area contributed by atoms with Crippen molar-refractivity contribution in [3.05, 3.63) is 24.3 Å². The summed E-state index contributed by atoms with van der Waals surface area (Å²) in [5.74, 6) is -2.93. The minimum absolute atomic E-state index is 0.0446. The number of carboxylic acid groups (broad SMARTS) is 1. The zero-order valence-corrected chi connectivity index (χ0v) is 30.1. The first-order chi connectivity index (χ1) is 22.2. The number of allylic oxidation sites excluding steroid dienone is 3. The van der Waals surface area contributed by atoms with E-state index >= 15 is 0 Å². The van der Waals surface area contributed by atoms with E-state index in [1.807, 2.05) is 21.1 Å². The number of quaternary nitrogens is 1. The van der Waals surface area contributed by atoms with E-state index in [1.54, 1.807) is 0 Å². The lowest BCUT2D eigenvalue weighted by atomic mass is 10.1. The van der Waals surface area contributed by atoms with E-state index in [4.69, 9.17) is 23.6 Å². The molecule has 0 aromatic heterocycles. The molecule has 0 aromatic rings.